The van der Waals surface area contributed by atoms with Crippen molar-refractivity contribution in [2.75, 3.05) is 6.54 Å². The molecular formula is C21H26N4O. The van der Waals surface area contributed by atoms with Gasteiger partial charge in [0.15, 0.2) is 5.65 Å². The summed E-state index contributed by atoms with van der Waals surface area (Å²) in [6, 6.07) is 14.3. The van der Waals surface area contributed by atoms with E-state index in [1.54, 1.807) is 10.7 Å². The highest BCUT2D eigenvalue weighted by atomic mass is 16.2. The molecule has 1 aromatic carbocycles. The summed E-state index contributed by atoms with van der Waals surface area (Å²) >= 11 is 0. The van der Waals surface area contributed by atoms with Crippen molar-refractivity contribution in [3.8, 4) is 0 Å². The summed E-state index contributed by atoms with van der Waals surface area (Å²) < 4.78 is 1.80. The molecule has 3 rings (SSSR count). The van der Waals surface area contributed by atoms with Crippen molar-refractivity contribution in [1.29, 1.82) is 0 Å². The highest BCUT2D eigenvalue weighted by Gasteiger charge is 2.24. The molecular weight excluding hydrogens is 324 g/mol. The normalized spacial score (nSPS) is 12.2. The molecule has 5 nitrogen and oxygen atoms in total. The van der Waals surface area contributed by atoms with E-state index >= 15 is 0 Å². The fraction of sp³-hybridized carbons (Fsp3) is 0.381. The molecule has 0 fully saturated rings. The zero-order chi connectivity index (χ0) is 18.4. The Labute approximate surface area is 154 Å². The first-order chi connectivity index (χ1) is 12.7. The van der Waals surface area contributed by atoms with Gasteiger partial charge in [0.25, 0.3) is 5.91 Å². The van der Waals surface area contributed by atoms with Crippen molar-refractivity contribution in [2.45, 2.75) is 45.6 Å². The van der Waals surface area contributed by atoms with Crippen LogP contribution in [0, 0.1) is 0 Å². The molecule has 0 saturated carbocycles. The van der Waals surface area contributed by atoms with Crippen LogP contribution in [-0.2, 0) is 6.42 Å². The van der Waals surface area contributed by atoms with Crippen LogP contribution in [0.3, 0.4) is 0 Å². The van der Waals surface area contributed by atoms with Gasteiger partial charge in [-0.15, -0.1) is 10.2 Å². The van der Waals surface area contributed by atoms with Gasteiger partial charge in [0, 0.05) is 18.8 Å². The van der Waals surface area contributed by atoms with E-state index in [-0.39, 0.29) is 11.9 Å². The second-order valence-electron chi connectivity index (χ2n) is 6.64. The number of rotatable bonds is 8. The van der Waals surface area contributed by atoms with Gasteiger partial charge >= 0.3 is 0 Å². The quantitative estimate of drug-likeness (QED) is 0.617. The van der Waals surface area contributed by atoms with Crippen LogP contribution in [0.2, 0.25) is 0 Å². The monoisotopic (exact) mass is 350 g/mol. The summed E-state index contributed by atoms with van der Waals surface area (Å²) in [5.41, 5.74) is 2.70. The summed E-state index contributed by atoms with van der Waals surface area (Å²) in [7, 11) is 0. The average molecular weight is 350 g/mol. The molecule has 2 heterocycles. The smallest absolute Gasteiger partial charge is 0.255 e. The van der Waals surface area contributed by atoms with Gasteiger partial charge in [-0.3, -0.25) is 9.20 Å². The second kappa shape index (κ2) is 8.61. The minimum atomic E-state index is 0.0804. The van der Waals surface area contributed by atoms with Gasteiger partial charge in [-0.1, -0.05) is 50.6 Å². The highest BCUT2D eigenvalue weighted by Crippen LogP contribution is 2.18. The molecule has 0 radical (unpaired) electrons. The second-order valence-corrected chi connectivity index (χ2v) is 6.64. The zero-order valence-corrected chi connectivity index (χ0v) is 15.5. The molecule has 1 atom stereocenters. The summed E-state index contributed by atoms with van der Waals surface area (Å²) in [5.74, 6) is 0.0804. The molecule has 0 spiro atoms. The Kier molecular flexibility index (Phi) is 6.00. The molecule has 0 bridgehead atoms. The number of carbonyl (C=O) groups excluding carboxylic acids is 1. The number of nitrogens with zero attached hydrogens (tertiary/aromatic N) is 4. The lowest BCUT2D eigenvalue weighted by molar-refractivity contribution is 0.0666. The number of aromatic nitrogens is 3. The van der Waals surface area contributed by atoms with Crippen LogP contribution in [-0.4, -0.2) is 38.0 Å². The van der Waals surface area contributed by atoms with E-state index in [1.165, 1.54) is 5.56 Å². The predicted octanol–water partition coefficient (Wildman–Crippen LogP) is 3.99. The van der Waals surface area contributed by atoms with E-state index in [0.29, 0.717) is 5.56 Å². The fourth-order valence-corrected chi connectivity index (χ4v) is 3.40. The number of hydrogen-bond donors (Lipinski definition) is 0. The molecule has 3 aromatic rings. The number of pyridine rings is 1. The number of hydrogen-bond acceptors (Lipinski definition) is 3. The maximum Gasteiger partial charge on any atom is 0.255 e. The number of fused-ring (bicyclic) bond motifs is 1. The van der Waals surface area contributed by atoms with Gasteiger partial charge < -0.3 is 4.90 Å². The lowest BCUT2D eigenvalue weighted by Crippen LogP contribution is -2.42. The Hall–Kier alpha value is -2.69. The standard InChI is InChI=1S/C21H26N4O/c1-3-8-19(14-17-9-6-5-7-10-17)25(13-4-2)21(26)18-11-12-20-23-22-16-24(20)15-18/h5-7,9-12,15-16,19H,3-4,8,13-14H2,1-2H3/t19-/m0/s1. The summed E-state index contributed by atoms with van der Waals surface area (Å²) in [4.78, 5) is 15.3. The molecule has 1 amide bonds. The minimum Gasteiger partial charge on any atom is -0.335 e. The zero-order valence-electron chi connectivity index (χ0n) is 15.5. The van der Waals surface area contributed by atoms with E-state index in [0.717, 1.165) is 37.9 Å². The molecule has 0 aliphatic rings. The van der Waals surface area contributed by atoms with Crippen molar-refractivity contribution in [3.05, 3.63) is 66.1 Å². The summed E-state index contributed by atoms with van der Waals surface area (Å²) in [5, 5.41) is 7.90. The van der Waals surface area contributed by atoms with Crippen molar-refractivity contribution in [3.63, 3.8) is 0 Å². The molecule has 0 aliphatic carbocycles. The maximum atomic E-state index is 13.3. The van der Waals surface area contributed by atoms with Gasteiger partial charge in [-0.05, 0) is 37.0 Å². The summed E-state index contributed by atoms with van der Waals surface area (Å²) in [6.45, 7) is 5.06. The van der Waals surface area contributed by atoms with E-state index in [9.17, 15) is 4.79 Å². The van der Waals surface area contributed by atoms with Crippen LogP contribution in [0.5, 0.6) is 0 Å². The van der Waals surface area contributed by atoms with E-state index in [1.807, 2.05) is 29.3 Å². The molecule has 0 aliphatic heterocycles. The molecule has 2 aromatic heterocycles. The minimum absolute atomic E-state index is 0.0804. The van der Waals surface area contributed by atoms with E-state index in [2.05, 4.69) is 48.3 Å². The lowest BCUT2D eigenvalue weighted by Gasteiger charge is -2.32. The molecule has 26 heavy (non-hydrogen) atoms. The van der Waals surface area contributed by atoms with Gasteiger partial charge in [-0.25, -0.2) is 0 Å². The van der Waals surface area contributed by atoms with Gasteiger partial charge in [0.1, 0.15) is 6.33 Å². The van der Waals surface area contributed by atoms with E-state index < -0.39 is 0 Å². The molecule has 0 saturated heterocycles. The highest BCUT2D eigenvalue weighted by molar-refractivity contribution is 5.94. The van der Waals surface area contributed by atoms with Crippen molar-refractivity contribution < 1.29 is 4.79 Å². The maximum absolute atomic E-state index is 13.3. The average Bonchev–Trinajstić information content (AvgIpc) is 3.14. The number of benzene rings is 1. The summed E-state index contributed by atoms with van der Waals surface area (Å²) in [6.07, 6.45) is 7.32. The van der Waals surface area contributed by atoms with Crippen molar-refractivity contribution in [1.82, 2.24) is 19.5 Å². The lowest BCUT2D eigenvalue weighted by atomic mass is 9.99. The molecule has 0 N–H and O–H groups in total. The SMILES string of the molecule is CCC[C@@H](Cc1ccccc1)N(CCC)C(=O)c1ccc2nncn2c1. The van der Waals surface area contributed by atoms with Crippen molar-refractivity contribution in [2.24, 2.45) is 0 Å². The first-order valence-electron chi connectivity index (χ1n) is 9.37. The predicted molar refractivity (Wildman–Crippen MR) is 103 cm³/mol. The third-order valence-electron chi connectivity index (χ3n) is 4.64. The van der Waals surface area contributed by atoms with Gasteiger partial charge in [-0.2, -0.15) is 0 Å². The first kappa shape index (κ1) is 18.1. The largest absolute Gasteiger partial charge is 0.335 e. The molecule has 136 valence electrons. The number of carbonyl (C=O) groups is 1. The van der Waals surface area contributed by atoms with Crippen LogP contribution in [0.15, 0.2) is 55.0 Å². The van der Waals surface area contributed by atoms with Gasteiger partial charge in [0.05, 0.1) is 5.56 Å². The Morgan fingerprint density at radius 3 is 2.65 bits per heavy atom. The van der Waals surface area contributed by atoms with E-state index in [4.69, 9.17) is 0 Å². The van der Waals surface area contributed by atoms with Crippen LogP contribution < -0.4 is 0 Å². The molecule has 0 unspecified atom stereocenters. The Balaban J connectivity index is 1.87. The van der Waals surface area contributed by atoms with Crippen LogP contribution in [0.25, 0.3) is 5.65 Å². The van der Waals surface area contributed by atoms with Crippen LogP contribution in [0.4, 0.5) is 0 Å². The number of amides is 1. The molecule has 5 heteroatoms. The Morgan fingerprint density at radius 1 is 1.12 bits per heavy atom. The Bertz CT molecular complexity index is 843. The third kappa shape index (κ3) is 4.10. The first-order valence-corrected chi connectivity index (χ1v) is 9.37. The van der Waals surface area contributed by atoms with Crippen LogP contribution in [0.1, 0.15) is 49.0 Å². The van der Waals surface area contributed by atoms with Gasteiger partial charge in [0.2, 0.25) is 0 Å². The Morgan fingerprint density at radius 2 is 1.92 bits per heavy atom. The fourth-order valence-electron chi connectivity index (χ4n) is 3.40. The van der Waals surface area contributed by atoms with Crippen molar-refractivity contribution >= 4 is 11.6 Å². The van der Waals surface area contributed by atoms with Crippen LogP contribution >= 0.6 is 0 Å². The topological polar surface area (TPSA) is 50.5 Å². The third-order valence-corrected chi connectivity index (χ3v) is 4.64.